The predicted molar refractivity (Wildman–Crippen MR) is 127 cm³/mol. The Labute approximate surface area is 191 Å². The molecule has 4 heteroatoms. The number of hydrogen-bond acceptors (Lipinski definition) is 4. The lowest BCUT2D eigenvalue weighted by atomic mass is 10.1. The van der Waals surface area contributed by atoms with E-state index in [0.717, 1.165) is 53.4 Å². The molecule has 0 saturated heterocycles. The highest BCUT2D eigenvalue weighted by molar-refractivity contribution is 5.45. The summed E-state index contributed by atoms with van der Waals surface area (Å²) in [4.78, 5) is 0. The second kappa shape index (κ2) is 12.4. The molecule has 1 atom stereocenters. The standard InChI is InChI=1S/C28H30O4/c1-4-5-19-30-26-15-11-23(12-16-26)9-10-24-13-17-27(18-14-24)32-21-31-22(2)25-7-6-8-28(20-25)29-3/h6-8,11-18,20,22H,4-5,19,21H2,1-3H3. The van der Waals surface area contributed by atoms with Gasteiger partial charge in [-0.2, -0.15) is 0 Å². The summed E-state index contributed by atoms with van der Waals surface area (Å²) in [6.07, 6.45) is 2.09. The molecule has 0 N–H and O–H groups in total. The maximum atomic E-state index is 5.79. The topological polar surface area (TPSA) is 36.9 Å². The molecule has 1 unspecified atom stereocenters. The molecule has 0 heterocycles. The third-order valence-corrected chi connectivity index (χ3v) is 4.93. The van der Waals surface area contributed by atoms with Gasteiger partial charge >= 0.3 is 0 Å². The third kappa shape index (κ3) is 7.37. The fourth-order valence-corrected chi connectivity index (χ4v) is 2.94. The van der Waals surface area contributed by atoms with E-state index in [-0.39, 0.29) is 12.9 Å². The minimum atomic E-state index is -0.0985. The number of ether oxygens (including phenoxy) is 4. The van der Waals surface area contributed by atoms with Gasteiger partial charge in [0.1, 0.15) is 17.2 Å². The van der Waals surface area contributed by atoms with Gasteiger partial charge < -0.3 is 18.9 Å². The van der Waals surface area contributed by atoms with Gasteiger partial charge in [-0.15, -0.1) is 0 Å². The Morgan fingerprint density at radius 2 is 1.41 bits per heavy atom. The Bertz CT molecular complexity index is 1010. The van der Waals surface area contributed by atoms with E-state index in [4.69, 9.17) is 18.9 Å². The van der Waals surface area contributed by atoms with Crippen LogP contribution in [0, 0.1) is 11.8 Å². The number of methoxy groups -OCH3 is 1. The molecular weight excluding hydrogens is 400 g/mol. The van der Waals surface area contributed by atoms with Crippen LogP contribution in [0.15, 0.2) is 72.8 Å². The van der Waals surface area contributed by atoms with Crippen molar-refractivity contribution in [2.45, 2.75) is 32.8 Å². The first kappa shape index (κ1) is 23.2. The largest absolute Gasteiger partial charge is 0.497 e. The van der Waals surface area contributed by atoms with Crippen molar-refractivity contribution in [2.75, 3.05) is 20.5 Å². The monoisotopic (exact) mass is 430 g/mol. The van der Waals surface area contributed by atoms with Gasteiger partial charge in [-0.25, -0.2) is 0 Å². The molecule has 4 nitrogen and oxygen atoms in total. The summed E-state index contributed by atoms with van der Waals surface area (Å²) in [6.45, 7) is 5.05. The highest BCUT2D eigenvalue weighted by atomic mass is 16.7. The van der Waals surface area contributed by atoms with Crippen molar-refractivity contribution in [2.24, 2.45) is 0 Å². The summed E-state index contributed by atoms with van der Waals surface area (Å²) >= 11 is 0. The van der Waals surface area contributed by atoms with Gasteiger partial charge in [-0.1, -0.05) is 37.3 Å². The van der Waals surface area contributed by atoms with E-state index in [0.29, 0.717) is 0 Å². The average molecular weight is 431 g/mol. The molecule has 166 valence electrons. The lowest BCUT2D eigenvalue weighted by Crippen LogP contribution is -2.07. The highest BCUT2D eigenvalue weighted by Gasteiger charge is 2.07. The van der Waals surface area contributed by atoms with Crippen LogP contribution in [-0.2, 0) is 4.74 Å². The van der Waals surface area contributed by atoms with E-state index in [1.807, 2.05) is 79.7 Å². The molecule has 3 rings (SSSR count). The maximum absolute atomic E-state index is 5.79. The van der Waals surface area contributed by atoms with Crippen molar-refractivity contribution < 1.29 is 18.9 Å². The van der Waals surface area contributed by atoms with Crippen LogP contribution in [0.25, 0.3) is 0 Å². The van der Waals surface area contributed by atoms with Crippen LogP contribution in [0.3, 0.4) is 0 Å². The molecule has 3 aromatic carbocycles. The van der Waals surface area contributed by atoms with E-state index in [1.54, 1.807) is 7.11 Å². The summed E-state index contributed by atoms with van der Waals surface area (Å²) in [7, 11) is 1.65. The molecule has 0 radical (unpaired) electrons. The Morgan fingerprint density at radius 1 is 0.781 bits per heavy atom. The molecule has 32 heavy (non-hydrogen) atoms. The quantitative estimate of drug-likeness (QED) is 0.212. The molecular formula is C28H30O4. The molecule has 3 aromatic rings. The minimum Gasteiger partial charge on any atom is -0.497 e. The lowest BCUT2D eigenvalue weighted by molar-refractivity contribution is -0.0294. The van der Waals surface area contributed by atoms with Crippen molar-refractivity contribution in [1.29, 1.82) is 0 Å². The van der Waals surface area contributed by atoms with Crippen LogP contribution < -0.4 is 14.2 Å². The van der Waals surface area contributed by atoms with Crippen molar-refractivity contribution in [3.8, 4) is 29.1 Å². The van der Waals surface area contributed by atoms with Crippen LogP contribution in [0.2, 0.25) is 0 Å². The first-order valence-corrected chi connectivity index (χ1v) is 10.9. The van der Waals surface area contributed by atoms with E-state index in [9.17, 15) is 0 Å². The fraction of sp³-hybridized carbons (Fsp3) is 0.286. The highest BCUT2D eigenvalue weighted by Crippen LogP contribution is 2.22. The summed E-state index contributed by atoms with van der Waals surface area (Å²) in [5, 5.41) is 0. The Hall–Kier alpha value is -3.42. The van der Waals surface area contributed by atoms with Gasteiger partial charge in [0.25, 0.3) is 0 Å². The van der Waals surface area contributed by atoms with E-state index in [2.05, 4.69) is 18.8 Å². The molecule has 0 spiro atoms. The van der Waals surface area contributed by atoms with Gasteiger partial charge in [-0.05, 0) is 79.6 Å². The number of rotatable bonds is 10. The summed E-state index contributed by atoms with van der Waals surface area (Å²) in [5.74, 6) is 8.79. The van der Waals surface area contributed by atoms with E-state index >= 15 is 0 Å². The molecule has 0 aliphatic heterocycles. The van der Waals surface area contributed by atoms with Crippen molar-refractivity contribution in [3.63, 3.8) is 0 Å². The lowest BCUT2D eigenvalue weighted by Gasteiger charge is -2.15. The summed E-state index contributed by atoms with van der Waals surface area (Å²) in [6, 6.07) is 23.4. The Balaban J connectivity index is 1.47. The zero-order valence-corrected chi connectivity index (χ0v) is 19.0. The van der Waals surface area contributed by atoms with Gasteiger partial charge in [-0.3, -0.25) is 0 Å². The fourth-order valence-electron chi connectivity index (χ4n) is 2.94. The van der Waals surface area contributed by atoms with Crippen LogP contribution in [0.4, 0.5) is 0 Å². The zero-order chi connectivity index (χ0) is 22.6. The van der Waals surface area contributed by atoms with Crippen LogP contribution >= 0.6 is 0 Å². The predicted octanol–water partition coefficient (Wildman–Crippen LogP) is 6.39. The van der Waals surface area contributed by atoms with E-state index in [1.165, 1.54) is 0 Å². The van der Waals surface area contributed by atoms with Crippen molar-refractivity contribution >= 4 is 0 Å². The second-order valence-corrected chi connectivity index (χ2v) is 7.35. The molecule has 0 amide bonds. The molecule has 0 bridgehead atoms. The molecule has 0 saturated carbocycles. The molecule has 0 aromatic heterocycles. The van der Waals surface area contributed by atoms with Gasteiger partial charge in [0.2, 0.25) is 0 Å². The Kier molecular flexibility index (Phi) is 9.04. The molecule has 0 fully saturated rings. The SMILES string of the molecule is CCCCOc1ccc(C#Cc2ccc(OCOC(C)c3cccc(OC)c3)cc2)cc1. The Morgan fingerprint density at radius 3 is 2.00 bits per heavy atom. The summed E-state index contributed by atoms with van der Waals surface area (Å²) < 4.78 is 22.4. The van der Waals surface area contributed by atoms with Crippen LogP contribution in [0.1, 0.15) is 49.5 Å². The second-order valence-electron chi connectivity index (χ2n) is 7.35. The first-order chi connectivity index (χ1) is 15.7. The molecule has 0 aliphatic rings. The zero-order valence-electron chi connectivity index (χ0n) is 19.0. The van der Waals surface area contributed by atoms with Crippen molar-refractivity contribution in [3.05, 3.63) is 89.5 Å². The third-order valence-electron chi connectivity index (χ3n) is 4.93. The van der Waals surface area contributed by atoms with E-state index < -0.39 is 0 Å². The maximum Gasteiger partial charge on any atom is 0.189 e. The number of benzene rings is 3. The average Bonchev–Trinajstić information content (AvgIpc) is 2.84. The smallest absolute Gasteiger partial charge is 0.189 e. The van der Waals surface area contributed by atoms with Crippen LogP contribution in [-0.4, -0.2) is 20.5 Å². The number of hydrogen-bond donors (Lipinski definition) is 0. The summed E-state index contributed by atoms with van der Waals surface area (Å²) in [5.41, 5.74) is 2.92. The van der Waals surface area contributed by atoms with Crippen molar-refractivity contribution in [1.82, 2.24) is 0 Å². The molecule has 0 aliphatic carbocycles. The number of unbranched alkanes of at least 4 members (excludes halogenated alkanes) is 1. The normalized spacial score (nSPS) is 11.2. The minimum absolute atomic E-state index is 0.0985. The van der Waals surface area contributed by atoms with Gasteiger partial charge in [0.15, 0.2) is 6.79 Å². The van der Waals surface area contributed by atoms with Crippen LogP contribution in [0.5, 0.6) is 17.2 Å². The van der Waals surface area contributed by atoms with Gasteiger partial charge in [0.05, 0.1) is 19.8 Å². The van der Waals surface area contributed by atoms with Gasteiger partial charge in [0, 0.05) is 11.1 Å². The first-order valence-electron chi connectivity index (χ1n) is 10.9.